The van der Waals surface area contributed by atoms with E-state index >= 15 is 0 Å². The van der Waals surface area contributed by atoms with Crippen LogP contribution in [0.15, 0.2) is 27.6 Å². The predicted octanol–water partition coefficient (Wildman–Crippen LogP) is 1.48. The first-order chi connectivity index (χ1) is 6.63. The predicted molar refractivity (Wildman–Crippen MR) is 62.4 cm³/mol. The van der Waals surface area contributed by atoms with Gasteiger partial charge in [0.05, 0.1) is 12.7 Å². The van der Waals surface area contributed by atoms with Crippen molar-refractivity contribution in [3.8, 4) is 0 Å². The van der Waals surface area contributed by atoms with Gasteiger partial charge in [-0.15, -0.1) is 11.8 Å². The van der Waals surface area contributed by atoms with Crippen molar-refractivity contribution in [2.24, 2.45) is 0 Å². The topological polar surface area (TPSA) is 66.5 Å². The van der Waals surface area contributed by atoms with Gasteiger partial charge in [0.25, 0.3) is 0 Å². The van der Waals surface area contributed by atoms with Crippen LogP contribution in [0.3, 0.4) is 0 Å². The molecule has 1 aromatic rings. The van der Waals surface area contributed by atoms with Gasteiger partial charge in [-0.25, -0.2) is 0 Å². The Morgan fingerprint density at radius 1 is 1.50 bits per heavy atom. The number of hydrogen-bond acceptors (Lipinski definition) is 4. The minimum atomic E-state index is -0.692. The highest BCUT2D eigenvalue weighted by Gasteiger charge is 2.05. The lowest BCUT2D eigenvalue weighted by atomic mass is 10.3. The number of benzene rings is 1. The number of rotatable bonds is 4. The van der Waals surface area contributed by atoms with Crippen LogP contribution in [0.5, 0.6) is 0 Å². The van der Waals surface area contributed by atoms with Crippen LogP contribution in [-0.4, -0.2) is 28.7 Å². The maximum atomic E-state index is 9.14. The summed E-state index contributed by atoms with van der Waals surface area (Å²) in [5, 5.41) is 17.8. The summed E-state index contributed by atoms with van der Waals surface area (Å²) in [6.07, 6.45) is -0.692. The first-order valence-electron chi connectivity index (χ1n) is 4.10. The second-order valence-corrected chi connectivity index (χ2v) is 4.81. The van der Waals surface area contributed by atoms with E-state index in [9.17, 15) is 0 Å². The van der Waals surface area contributed by atoms with Crippen LogP contribution in [0, 0.1) is 0 Å². The molecule has 1 rings (SSSR count). The van der Waals surface area contributed by atoms with Crippen LogP contribution in [-0.2, 0) is 0 Å². The van der Waals surface area contributed by atoms with Crippen molar-refractivity contribution in [3.63, 3.8) is 0 Å². The fourth-order valence-electron chi connectivity index (χ4n) is 0.889. The SMILES string of the molecule is Nc1cc(Br)ccc1SCC(O)CO. The highest BCUT2D eigenvalue weighted by molar-refractivity contribution is 9.10. The molecule has 0 aliphatic rings. The summed E-state index contributed by atoms with van der Waals surface area (Å²) in [5.41, 5.74) is 6.43. The van der Waals surface area contributed by atoms with Crippen molar-refractivity contribution in [3.05, 3.63) is 22.7 Å². The van der Waals surface area contributed by atoms with Crippen LogP contribution in [0.2, 0.25) is 0 Å². The molecule has 0 aromatic heterocycles. The molecular weight excluding hydrogens is 266 g/mol. The molecule has 0 heterocycles. The normalized spacial score (nSPS) is 12.8. The van der Waals surface area contributed by atoms with E-state index in [1.165, 1.54) is 11.8 Å². The van der Waals surface area contributed by atoms with Gasteiger partial charge in [-0.05, 0) is 18.2 Å². The smallest absolute Gasteiger partial charge is 0.0864 e. The van der Waals surface area contributed by atoms with Crippen LogP contribution in [0.1, 0.15) is 0 Å². The molecule has 0 saturated carbocycles. The maximum Gasteiger partial charge on any atom is 0.0864 e. The summed E-state index contributed by atoms with van der Waals surface area (Å²) < 4.78 is 0.932. The highest BCUT2D eigenvalue weighted by atomic mass is 79.9. The summed E-state index contributed by atoms with van der Waals surface area (Å²) >= 11 is 4.74. The summed E-state index contributed by atoms with van der Waals surface area (Å²) in [5.74, 6) is 0.447. The Morgan fingerprint density at radius 2 is 2.21 bits per heavy atom. The van der Waals surface area contributed by atoms with Gasteiger partial charge in [0.1, 0.15) is 0 Å². The molecule has 5 heteroatoms. The van der Waals surface area contributed by atoms with E-state index in [0.29, 0.717) is 11.4 Å². The van der Waals surface area contributed by atoms with Gasteiger partial charge in [-0.1, -0.05) is 15.9 Å². The molecule has 1 atom stereocenters. The van der Waals surface area contributed by atoms with Crippen molar-refractivity contribution < 1.29 is 10.2 Å². The van der Waals surface area contributed by atoms with E-state index in [-0.39, 0.29) is 6.61 Å². The Kier molecular flexibility index (Phi) is 4.74. The molecule has 0 amide bonds. The number of halogens is 1. The van der Waals surface area contributed by atoms with Crippen molar-refractivity contribution >= 4 is 33.4 Å². The number of hydrogen-bond donors (Lipinski definition) is 3. The largest absolute Gasteiger partial charge is 0.398 e. The summed E-state index contributed by atoms with van der Waals surface area (Å²) in [7, 11) is 0. The van der Waals surface area contributed by atoms with E-state index < -0.39 is 6.10 Å². The Labute approximate surface area is 95.4 Å². The Morgan fingerprint density at radius 3 is 2.79 bits per heavy atom. The molecule has 14 heavy (non-hydrogen) atoms. The molecule has 1 unspecified atom stereocenters. The first-order valence-corrected chi connectivity index (χ1v) is 5.88. The average molecular weight is 278 g/mol. The minimum absolute atomic E-state index is 0.219. The third-order valence-corrected chi connectivity index (χ3v) is 3.34. The van der Waals surface area contributed by atoms with E-state index in [2.05, 4.69) is 15.9 Å². The van der Waals surface area contributed by atoms with Crippen molar-refractivity contribution in [2.75, 3.05) is 18.1 Å². The van der Waals surface area contributed by atoms with Crippen LogP contribution >= 0.6 is 27.7 Å². The molecule has 1 aromatic carbocycles. The van der Waals surface area contributed by atoms with Gasteiger partial charge >= 0.3 is 0 Å². The van der Waals surface area contributed by atoms with Gasteiger partial charge in [0.2, 0.25) is 0 Å². The monoisotopic (exact) mass is 277 g/mol. The average Bonchev–Trinajstić information content (AvgIpc) is 2.16. The number of aliphatic hydroxyl groups excluding tert-OH is 2. The Hall–Kier alpha value is -0.230. The fourth-order valence-corrected chi connectivity index (χ4v) is 2.14. The number of aliphatic hydroxyl groups is 2. The van der Waals surface area contributed by atoms with E-state index in [0.717, 1.165) is 9.37 Å². The minimum Gasteiger partial charge on any atom is -0.398 e. The molecule has 0 bridgehead atoms. The van der Waals surface area contributed by atoms with Gasteiger partial charge < -0.3 is 15.9 Å². The van der Waals surface area contributed by atoms with Crippen LogP contribution in [0.25, 0.3) is 0 Å². The van der Waals surface area contributed by atoms with Gasteiger partial charge in [0.15, 0.2) is 0 Å². The van der Waals surface area contributed by atoms with E-state index in [1.54, 1.807) is 0 Å². The lowest BCUT2D eigenvalue weighted by Gasteiger charge is -2.08. The third-order valence-electron chi connectivity index (χ3n) is 1.61. The zero-order valence-corrected chi connectivity index (χ0v) is 9.88. The van der Waals surface area contributed by atoms with Gasteiger partial charge in [0, 0.05) is 20.8 Å². The summed E-state index contributed by atoms with van der Waals surface area (Å²) in [6.45, 7) is -0.219. The lowest BCUT2D eigenvalue weighted by Crippen LogP contribution is -2.14. The molecule has 0 radical (unpaired) electrons. The Balaban J connectivity index is 2.59. The number of anilines is 1. The molecule has 0 aliphatic carbocycles. The fraction of sp³-hybridized carbons (Fsp3) is 0.333. The molecule has 0 saturated heterocycles. The highest BCUT2D eigenvalue weighted by Crippen LogP contribution is 2.28. The second kappa shape index (κ2) is 5.60. The third kappa shape index (κ3) is 3.49. The second-order valence-electron chi connectivity index (χ2n) is 2.83. The van der Waals surface area contributed by atoms with Crippen LogP contribution in [0.4, 0.5) is 5.69 Å². The molecule has 0 spiro atoms. The molecule has 0 aliphatic heterocycles. The van der Waals surface area contributed by atoms with E-state index in [1.807, 2.05) is 18.2 Å². The summed E-state index contributed by atoms with van der Waals surface area (Å²) in [6, 6.07) is 5.59. The zero-order valence-electron chi connectivity index (χ0n) is 7.48. The van der Waals surface area contributed by atoms with Gasteiger partial charge in [-0.3, -0.25) is 0 Å². The maximum absolute atomic E-state index is 9.14. The summed E-state index contributed by atoms with van der Waals surface area (Å²) in [4.78, 5) is 0.917. The molecule has 78 valence electrons. The van der Waals surface area contributed by atoms with Crippen molar-refractivity contribution in [1.29, 1.82) is 0 Å². The standard InChI is InChI=1S/C9H12BrNO2S/c10-6-1-2-9(8(11)3-6)14-5-7(13)4-12/h1-3,7,12-13H,4-5,11H2. The Bertz CT molecular complexity index is 309. The van der Waals surface area contributed by atoms with Crippen LogP contribution < -0.4 is 5.73 Å². The molecular formula is C9H12BrNO2S. The van der Waals surface area contributed by atoms with Crippen molar-refractivity contribution in [1.82, 2.24) is 0 Å². The number of thioether (sulfide) groups is 1. The van der Waals surface area contributed by atoms with Gasteiger partial charge in [-0.2, -0.15) is 0 Å². The quantitative estimate of drug-likeness (QED) is 0.576. The molecule has 4 N–H and O–H groups in total. The van der Waals surface area contributed by atoms with E-state index in [4.69, 9.17) is 15.9 Å². The first kappa shape index (κ1) is 11.8. The lowest BCUT2D eigenvalue weighted by molar-refractivity contribution is 0.113. The zero-order chi connectivity index (χ0) is 10.6. The molecule has 0 fully saturated rings. The van der Waals surface area contributed by atoms with Crippen molar-refractivity contribution in [2.45, 2.75) is 11.0 Å². The number of nitrogens with two attached hydrogens (primary N) is 1. The number of nitrogen functional groups attached to an aromatic ring is 1. The molecule has 3 nitrogen and oxygen atoms in total.